The van der Waals surface area contributed by atoms with Crippen molar-refractivity contribution in [1.29, 1.82) is 5.26 Å². The van der Waals surface area contributed by atoms with E-state index in [1.54, 1.807) is 6.07 Å². The molecule has 2 rings (SSSR count). The summed E-state index contributed by atoms with van der Waals surface area (Å²) in [5.74, 6) is -0.205. The van der Waals surface area contributed by atoms with Crippen LogP contribution in [-0.2, 0) is 0 Å². The lowest BCUT2D eigenvalue weighted by molar-refractivity contribution is 0.299. The van der Waals surface area contributed by atoms with Gasteiger partial charge in [0.2, 0.25) is 0 Å². The van der Waals surface area contributed by atoms with E-state index in [2.05, 4.69) is 62.0 Å². The Morgan fingerprint density at radius 3 is 2.29 bits per heavy atom. The van der Waals surface area contributed by atoms with Gasteiger partial charge in [-0.05, 0) is 77.7 Å². The summed E-state index contributed by atoms with van der Waals surface area (Å²) in [5, 5.41) is 12.4. The summed E-state index contributed by atoms with van der Waals surface area (Å²) in [5.41, 5.74) is 7.77. The van der Waals surface area contributed by atoms with E-state index in [9.17, 15) is 4.39 Å². The molecule has 1 aromatic carbocycles. The molecule has 0 unspecified atom stereocenters. The highest BCUT2D eigenvalue weighted by atomic mass is 19.1. The van der Waals surface area contributed by atoms with Crippen LogP contribution in [0.3, 0.4) is 0 Å². The van der Waals surface area contributed by atoms with Crippen molar-refractivity contribution in [3.63, 3.8) is 0 Å². The predicted molar refractivity (Wildman–Crippen MR) is 176 cm³/mol. The highest BCUT2D eigenvalue weighted by molar-refractivity contribution is 6.12. The van der Waals surface area contributed by atoms with E-state index < -0.39 is 0 Å². The average Bonchev–Trinajstić information content (AvgIpc) is 2.96. The van der Waals surface area contributed by atoms with E-state index in [-0.39, 0.29) is 5.82 Å². The fraction of sp³-hybridized carbons (Fsp3) is 0.444. The maximum absolute atomic E-state index is 14.5. The van der Waals surface area contributed by atoms with Crippen molar-refractivity contribution in [1.82, 2.24) is 10.2 Å². The molecule has 41 heavy (non-hydrogen) atoms. The van der Waals surface area contributed by atoms with Crippen LogP contribution in [0.15, 0.2) is 93.8 Å². The molecule has 0 radical (unpaired) electrons. The van der Waals surface area contributed by atoms with E-state index in [0.29, 0.717) is 5.56 Å². The fourth-order valence-electron chi connectivity index (χ4n) is 4.72. The van der Waals surface area contributed by atoms with Crippen LogP contribution in [0.5, 0.6) is 0 Å². The van der Waals surface area contributed by atoms with Crippen LogP contribution >= 0.6 is 0 Å². The van der Waals surface area contributed by atoms with E-state index in [0.717, 1.165) is 85.6 Å². The zero-order valence-electron chi connectivity index (χ0n) is 26.6. The largest absolute Gasteiger partial charge is 0.372 e. The molecule has 1 aliphatic heterocycles. The third kappa shape index (κ3) is 12.7. The van der Waals surface area contributed by atoms with Gasteiger partial charge >= 0.3 is 0 Å². The van der Waals surface area contributed by atoms with Gasteiger partial charge in [-0.25, -0.2) is 4.39 Å². The Bertz CT molecular complexity index is 1210. The monoisotopic (exact) mass is 558 g/mol. The summed E-state index contributed by atoms with van der Waals surface area (Å²) in [4.78, 5) is 6.99. The minimum absolute atomic E-state index is 0.205. The number of rotatable bonds is 11. The van der Waals surface area contributed by atoms with Crippen molar-refractivity contribution in [3.05, 3.63) is 100 Å². The first-order valence-corrected chi connectivity index (χ1v) is 15.0. The first kappa shape index (κ1) is 35.5. The number of nitrogens with zero attached hydrogens (tertiary/aromatic N) is 3. The van der Waals surface area contributed by atoms with Crippen LogP contribution in [0.2, 0.25) is 0 Å². The fourth-order valence-corrected chi connectivity index (χ4v) is 4.72. The molecule has 0 aromatic heterocycles. The van der Waals surface area contributed by atoms with E-state index in [1.807, 2.05) is 63.4 Å². The Balaban J connectivity index is 0.000000479. The van der Waals surface area contributed by atoms with Crippen molar-refractivity contribution in [2.75, 3.05) is 26.2 Å². The molecule has 1 aromatic rings. The van der Waals surface area contributed by atoms with Gasteiger partial charge < -0.3 is 10.2 Å². The molecule has 1 N–H and O–H groups in total. The van der Waals surface area contributed by atoms with Gasteiger partial charge in [0.25, 0.3) is 0 Å². The van der Waals surface area contributed by atoms with Gasteiger partial charge in [0.15, 0.2) is 0 Å². The van der Waals surface area contributed by atoms with Gasteiger partial charge in [0.1, 0.15) is 5.82 Å². The summed E-state index contributed by atoms with van der Waals surface area (Å²) in [6, 6.07) is 9.18. The Labute approximate surface area is 249 Å². The Morgan fingerprint density at radius 2 is 1.73 bits per heavy atom. The zero-order valence-corrected chi connectivity index (χ0v) is 26.6. The number of allylic oxidation sites excluding steroid dienone is 11. The van der Waals surface area contributed by atoms with E-state index >= 15 is 0 Å². The summed E-state index contributed by atoms with van der Waals surface area (Å²) in [6.45, 7) is 20.3. The standard InChI is InChI=1S/C22H30FN3.C14H21N/c1-5-7-12-25-17(3)22(18(4)26-15-13-24-14-16-26)19(6-2)20-10-8-9-11-21(20)23;1-5-7-12(3)9-14(11-15)10-13(4)8-6-2/h6-12,24H,5,13-16H2,1-4H3;7,9-10H,5-6,8H2,1-4H3/b12-7+,19-6-,22-18-,25-17+;12-7+,13-10+,14-9+. The van der Waals surface area contributed by atoms with Gasteiger partial charge in [-0.3, -0.25) is 4.99 Å². The average molecular weight is 559 g/mol. The number of hydrogen-bond donors (Lipinski definition) is 1. The lowest BCUT2D eigenvalue weighted by atomic mass is 9.92. The molecular formula is C36H51FN4. The van der Waals surface area contributed by atoms with E-state index in [1.165, 1.54) is 11.6 Å². The molecule has 0 atom stereocenters. The SMILES string of the molecule is CC/C=C(C)/C=C(C#N)\C=C(/C)CCC.C\C=C(C(/C(C)=N/C=C/CC)=C(/C)N1CCNCC1)\c1ccccc1F. The Hall–Kier alpha value is -3.49. The number of halogens is 1. The number of hydrogen-bond acceptors (Lipinski definition) is 4. The minimum Gasteiger partial charge on any atom is -0.372 e. The van der Waals surface area contributed by atoms with Gasteiger partial charge in [0.05, 0.1) is 11.6 Å². The number of benzene rings is 1. The molecule has 0 bridgehead atoms. The highest BCUT2D eigenvalue weighted by Gasteiger charge is 2.20. The third-order valence-corrected chi connectivity index (χ3v) is 6.73. The highest BCUT2D eigenvalue weighted by Crippen LogP contribution is 2.30. The van der Waals surface area contributed by atoms with Crippen molar-refractivity contribution in [2.24, 2.45) is 4.99 Å². The Kier molecular flexibility index (Phi) is 17.7. The number of piperazine rings is 1. The number of nitrogens with one attached hydrogen (secondary N) is 1. The van der Waals surface area contributed by atoms with Crippen LogP contribution in [0, 0.1) is 17.1 Å². The summed E-state index contributed by atoms with van der Waals surface area (Å²) in [6.07, 6.45) is 16.1. The summed E-state index contributed by atoms with van der Waals surface area (Å²) < 4.78 is 14.5. The maximum atomic E-state index is 14.5. The van der Waals surface area contributed by atoms with Crippen molar-refractivity contribution in [3.8, 4) is 6.07 Å². The molecule has 1 saturated heterocycles. The number of nitriles is 1. The first-order valence-electron chi connectivity index (χ1n) is 15.0. The number of aliphatic imine (C=N–C) groups is 1. The van der Waals surface area contributed by atoms with Gasteiger partial charge in [-0.2, -0.15) is 5.26 Å². The van der Waals surface area contributed by atoms with Crippen molar-refractivity contribution >= 4 is 11.3 Å². The molecule has 1 heterocycles. The van der Waals surface area contributed by atoms with Crippen LogP contribution in [0.4, 0.5) is 4.39 Å². The minimum atomic E-state index is -0.205. The van der Waals surface area contributed by atoms with Crippen LogP contribution in [-0.4, -0.2) is 36.8 Å². The second-order valence-corrected chi connectivity index (χ2v) is 10.2. The smallest absolute Gasteiger partial charge is 0.131 e. The Morgan fingerprint density at radius 1 is 1.05 bits per heavy atom. The van der Waals surface area contributed by atoms with Gasteiger partial charge in [-0.15, -0.1) is 0 Å². The van der Waals surface area contributed by atoms with Crippen LogP contribution in [0.25, 0.3) is 5.57 Å². The second kappa shape index (κ2) is 20.4. The van der Waals surface area contributed by atoms with Crippen molar-refractivity contribution < 1.29 is 4.39 Å². The topological polar surface area (TPSA) is 51.4 Å². The van der Waals surface area contributed by atoms with Crippen molar-refractivity contribution in [2.45, 2.75) is 81.1 Å². The van der Waals surface area contributed by atoms with Crippen LogP contribution < -0.4 is 5.32 Å². The van der Waals surface area contributed by atoms with Gasteiger partial charge in [0, 0.05) is 54.9 Å². The second-order valence-electron chi connectivity index (χ2n) is 10.2. The molecule has 222 valence electrons. The molecule has 0 amide bonds. The van der Waals surface area contributed by atoms with E-state index in [4.69, 9.17) is 5.26 Å². The molecule has 0 spiro atoms. The summed E-state index contributed by atoms with van der Waals surface area (Å²) >= 11 is 0. The molecule has 0 aliphatic carbocycles. The quantitative estimate of drug-likeness (QED) is 0.167. The maximum Gasteiger partial charge on any atom is 0.131 e. The molecule has 1 aliphatic rings. The normalized spacial score (nSPS) is 16.3. The van der Waals surface area contributed by atoms with Crippen LogP contribution in [0.1, 0.15) is 86.6 Å². The molecule has 0 saturated carbocycles. The predicted octanol–water partition coefficient (Wildman–Crippen LogP) is 9.33. The lowest BCUT2D eigenvalue weighted by Crippen LogP contribution is -2.43. The molecular weight excluding hydrogens is 507 g/mol. The molecule has 5 heteroatoms. The van der Waals surface area contributed by atoms with Gasteiger partial charge in [-0.1, -0.05) is 74.8 Å². The third-order valence-electron chi connectivity index (χ3n) is 6.73. The first-order chi connectivity index (χ1) is 19.7. The summed E-state index contributed by atoms with van der Waals surface area (Å²) in [7, 11) is 0. The molecule has 4 nitrogen and oxygen atoms in total. The zero-order chi connectivity index (χ0) is 30.6. The molecule has 1 fully saturated rings. The lowest BCUT2D eigenvalue weighted by Gasteiger charge is -2.32.